The van der Waals surface area contributed by atoms with E-state index in [1.54, 1.807) is 14.2 Å². The molecule has 1 atom stereocenters. The average Bonchev–Trinajstić information content (AvgIpc) is 3.05. The molecular formula is C19H21NO4. The molecule has 0 aliphatic carbocycles. The minimum absolute atomic E-state index is 0.0898. The Balaban J connectivity index is 1.55. The Morgan fingerprint density at radius 1 is 1.21 bits per heavy atom. The van der Waals surface area contributed by atoms with Gasteiger partial charge in [0.15, 0.2) is 6.10 Å². The number of hydrogen-bond donors (Lipinski definition) is 1. The molecule has 3 rings (SSSR count). The highest BCUT2D eigenvalue weighted by Gasteiger charge is 2.28. The molecule has 1 unspecified atom stereocenters. The molecule has 24 heavy (non-hydrogen) atoms. The molecule has 1 aliphatic heterocycles. The largest absolute Gasteiger partial charge is 0.497 e. The monoisotopic (exact) mass is 327 g/mol. The maximum absolute atomic E-state index is 12.3. The van der Waals surface area contributed by atoms with Crippen molar-refractivity contribution in [1.82, 2.24) is 5.32 Å². The Bertz CT molecular complexity index is 704. The van der Waals surface area contributed by atoms with E-state index >= 15 is 0 Å². The van der Waals surface area contributed by atoms with Gasteiger partial charge >= 0.3 is 0 Å². The van der Waals surface area contributed by atoms with Crippen molar-refractivity contribution in [3.05, 3.63) is 53.6 Å². The second-order valence-electron chi connectivity index (χ2n) is 5.64. The third-order valence-corrected chi connectivity index (χ3v) is 4.12. The second kappa shape index (κ2) is 7.25. The van der Waals surface area contributed by atoms with Crippen LogP contribution in [0.5, 0.6) is 17.2 Å². The highest BCUT2D eigenvalue weighted by Crippen LogP contribution is 2.28. The molecule has 1 heterocycles. The average molecular weight is 327 g/mol. The first kappa shape index (κ1) is 16.2. The summed E-state index contributed by atoms with van der Waals surface area (Å²) >= 11 is 0. The Hall–Kier alpha value is -2.69. The van der Waals surface area contributed by atoms with Crippen LogP contribution in [0.4, 0.5) is 0 Å². The summed E-state index contributed by atoms with van der Waals surface area (Å²) in [5.74, 6) is 2.27. The van der Waals surface area contributed by atoms with E-state index in [0.29, 0.717) is 19.4 Å². The molecule has 0 saturated carbocycles. The molecule has 0 spiro atoms. The van der Waals surface area contributed by atoms with Crippen LogP contribution < -0.4 is 19.5 Å². The number of fused-ring (bicyclic) bond motifs is 1. The zero-order valence-corrected chi connectivity index (χ0v) is 13.9. The van der Waals surface area contributed by atoms with Crippen LogP contribution in [0.15, 0.2) is 42.5 Å². The van der Waals surface area contributed by atoms with Gasteiger partial charge in [0, 0.05) is 13.0 Å². The summed E-state index contributed by atoms with van der Waals surface area (Å²) < 4.78 is 16.3. The maximum Gasteiger partial charge on any atom is 0.261 e. The molecule has 126 valence electrons. The zero-order chi connectivity index (χ0) is 16.9. The molecule has 0 aromatic heterocycles. The summed E-state index contributed by atoms with van der Waals surface area (Å²) in [6.45, 7) is 0.512. The number of carbonyl (C=O) groups excluding carboxylic acids is 1. The van der Waals surface area contributed by atoms with E-state index in [4.69, 9.17) is 14.2 Å². The van der Waals surface area contributed by atoms with Crippen LogP contribution in [-0.4, -0.2) is 32.8 Å². The number of methoxy groups -OCH3 is 2. The zero-order valence-electron chi connectivity index (χ0n) is 13.9. The van der Waals surface area contributed by atoms with E-state index in [1.165, 1.54) is 0 Å². The fourth-order valence-electron chi connectivity index (χ4n) is 2.84. The standard InChI is InChI=1S/C19H21NO4/c1-22-15-7-8-16(23-2)14(11-15)9-10-20-19(21)18-12-13-5-3-4-6-17(13)24-18/h3-8,11,18H,9-10,12H2,1-2H3,(H,20,21). The molecule has 2 aromatic carbocycles. The fraction of sp³-hybridized carbons (Fsp3) is 0.316. The molecule has 0 saturated heterocycles. The topological polar surface area (TPSA) is 56.8 Å². The highest BCUT2D eigenvalue weighted by molar-refractivity contribution is 5.82. The number of rotatable bonds is 6. The molecule has 0 radical (unpaired) electrons. The van der Waals surface area contributed by atoms with E-state index in [9.17, 15) is 4.79 Å². The Morgan fingerprint density at radius 2 is 2.04 bits per heavy atom. The third kappa shape index (κ3) is 3.45. The highest BCUT2D eigenvalue weighted by atomic mass is 16.5. The summed E-state index contributed by atoms with van der Waals surface area (Å²) in [6.07, 6.45) is 0.825. The lowest BCUT2D eigenvalue weighted by Crippen LogP contribution is -2.38. The van der Waals surface area contributed by atoms with Gasteiger partial charge in [-0.1, -0.05) is 18.2 Å². The minimum Gasteiger partial charge on any atom is -0.497 e. The van der Waals surface area contributed by atoms with Crippen molar-refractivity contribution in [2.75, 3.05) is 20.8 Å². The van der Waals surface area contributed by atoms with E-state index < -0.39 is 6.10 Å². The summed E-state index contributed by atoms with van der Waals surface area (Å²) in [5.41, 5.74) is 2.07. The van der Waals surface area contributed by atoms with Crippen molar-refractivity contribution in [2.45, 2.75) is 18.9 Å². The first-order chi connectivity index (χ1) is 11.7. The summed E-state index contributed by atoms with van der Waals surface area (Å²) in [4.78, 5) is 12.3. The van der Waals surface area contributed by atoms with Gasteiger partial charge in [-0.25, -0.2) is 0 Å². The smallest absolute Gasteiger partial charge is 0.261 e. The molecule has 5 nitrogen and oxygen atoms in total. The predicted molar refractivity (Wildman–Crippen MR) is 90.8 cm³/mol. The van der Waals surface area contributed by atoms with Gasteiger partial charge in [0.05, 0.1) is 14.2 Å². The fourth-order valence-corrected chi connectivity index (χ4v) is 2.84. The quantitative estimate of drug-likeness (QED) is 0.885. The summed E-state index contributed by atoms with van der Waals surface area (Å²) in [7, 11) is 3.26. The van der Waals surface area contributed by atoms with Crippen LogP contribution >= 0.6 is 0 Å². The molecule has 2 aromatic rings. The Morgan fingerprint density at radius 3 is 2.79 bits per heavy atom. The SMILES string of the molecule is COc1ccc(OC)c(CCNC(=O)C2Cc3ccccc3O2)c1. The van der Waals surface area contributed by atoms with Crippen LogP contribution in [-0.2, 0) is 17.6 Å². The lowest BCUT2D eigenvalue weighted by atomic mass is 10.1. The molecule has 1 amide bonds. The number of carbonyl (C=O) groups is 1. The van der Waals surface area contributed by atoms with E-state index in [-0.39, 0.29) is 5.91 Å². The van der Waals surface area contributed by atoms with E-state index in [2.05, 4.69) is 5.32 Å². The van der Waals surface area contributed by atoms with Crippen molar-refractivity contribution < 1.29 is 19.0 Å². The van der Waals surface area contributed by atoms with Gasteiger partial charge in [0.1, 0.15) is 17.2 Å². The van der Waals surface area contributed by atoms with Gasteiger partial charge in [0.25, 0.3) is 5.91 Å². The van der Waals surface area contributed by atoms with Gasteiger partial charge in [-0.15, -0.1) is 0 Å². The van der Waals surface area contributed by atoms with Gasteiger partial charge in [-0.05, 0) is 41.8 Å². The van der Waals surface area contributed by atoms with Gasteiger partial charge in [0.2, 0.25) is 0 Å². The minimum atomic E-state index is -0.449. The summed E-state index contributed by atoms with van der Waals surface area (Å²) in [6, 6.07) is 13.4. The lowest BCUT2D eigenvalue weighted by molar-refractivity contribution is -0.127. The molecule has 0 fully saturated rings. The number of nitrogens with one attached hydrogen (secondary N) is 1. The van der Waals surface area contributed by atoms with Gasteiger partial charge < -0.3 is 19.5 Å². The third-order valence-electron chi connectivity index (χ3n) is 4.12. The van der Waals surface area contributed by atoms with Gasteiger partial charge in [-0.2, -0.15) is 0 Å². The Kier molecular flexibility index (Phi) is 4.89. The molecule has 0 bridgehead atoms. The number of para-hydroxylation sites is 1. The van der Waals surface area contributed by atoms with Crippen LogP contribution in [0.25, 0.3) is 0 Å². The van der Waals surface area contributed by atoms with Crippen molar-refractivity contribution >= 4 is 5.91 Å². The van der Waals surface area contributed by atoms with Crippen molar-refractivity contribution in [3.63, 3.8) is 0 Å². The normalized spacial score (nSPS) is 15.3. The number of benzene rings is 2. The molecule has 1 aliphatic rings. The number of ether oxygens (including phenoxy) is 3. The van der Waals surface area contributed by atoms with Crippen molar-refractivity contribution in [1.29, 1.82) is 0 Å². The van der Waals surface area contributed by atoms with Crippen LogP contribution in [0.2, 0.25) is 0 Å². The predicted octanol–water partition coefficient (Wildman–Crippen LogP) is 2.37. The molecule has 1 N–H and O–H groups in total. The van der Waals surface area contributed by atoms with Crippen LogP contribution in [0.1, 0.15) is 11.1 Å². The summed E-state index contributed by atoms with van der Waals surface area (Å²) in [5, 5.41) is 2.94. The molecule has 5 heteroatoms. The van der Waals surface area contributed by atoms with Crippen LogP contribution in [0, 0.1) is 0 Å². The first-order valence-corrected chi connectivity index (χ1v) is 7.94. The Labute approximate surface area is 141 Å². The van der Waals surface area contributed by atoms with Crippen LogP contribution in [0.3, 0.4) is 0 Å². The van der Waals surface area contributed by atoms with E-state index in [1.807, 2.05) is 42.5 Å². The first-order valence-electron chi connectivity index (χ1n) is 7.94. The van der Waals surface area contributed by atoms with Crippen molar-refractivity contribution in [2.24, 2.45) is 0 Å². The number of hydrogen-bond acceptors (Lipinski definition) is 4. The van der Waals surface area contributed by atoms with Crippen molar-refractivity contribution in [3.8, 4) is 17.2 Å². The van der Waals surface area contributed by atoms with E-state index in [0.717, 1.165) is 28.4 Å². The second-order valence-corrected chi connectivity index (χ2v) is 5.64. The maximum atomic E-state index is 12.3. The lowest BCUT2D eigenvalue weighted by Gasteiger charge is -2.13. The van der Waals surface area contributed by atoms with Gasteiger partial charge in [-0.3, -0.25) is 4.79 Å². The molecular weight excluding hydrogens is 306 g/mol. The number of amides is 1.